The fourth-order valence-corrected chi connectivity index (χ4v) is 3.22. The summed E-state index contributed by atoms with van der Waals surface area (Å²) in [5.41, 5.74) is 12.7. The highest BCUT2D eigenvalue weighted by Gasteiger charge is 2.24. The summed E-state index contributed by atoms with van der Waals surface area (Å²) in [5, 5.41) is 1.62. The third kappa shape index (κ3) is 6.26. The summed E-state index contributed by atoms with van der Waals surface area (Å²) in [4.78, 5) is 2.38. The maximum Gasteiger partial charge on any atom is 0.0826 e. The van der Waals surface area contributed by atoms with E-state index < -0.39 is 0 Å². The largest absolute Gasteiger partial charge is 0.396 e. The van der Waals surface area contributed by atoms with E-state index in [4.69, 9.17) is 11.6 Å². The average Bonchev–Trinajstić information content (AvgIpc) is 2.76. The van der Waals surface area contributed by atoms with Crippen LogP contribution in [0.15, 0.2) is 48.5 Å². The van der Waals surface area contributed by atoms with Gasteiger partial charge in [0.25, 0.3) is 0 Å². The minimum absolute atomic E-state index is 0.370. The molecule has 0 radical (unpaired) electrons. The Bertz CT molecular complexity index is 748. The molecule has 0 bridgehead atoms. The SMILES string of the molecule is CC.CC.CC.CC(C)N1Cc2ccccc2/C(N(C)N)=C(/N)c2ccccc21. The zero-order valence-electron chi connectivity index (χ0n) is 20.0. The van der Waals surface area contributed by atoms with Crippen LogP contribution in [0.3, 0.4) is 0 Å². The molecule has 4 nitrogen and oxygen atoms in total. The molecule has 1 aliphatic heterocycles. The maximum absolute atomic E-state index is 6.57. The van der Waals surface area contributed by atoms with Crippen LogP contribution in [0.5, 0.6) is 0 Å². The van der Waals surface area contributed by atoms with Gasteiger partial charge in [-0.25, -0.2) is 5.84 Å². The second kappa shape index (κ2) is 13.7. The van der Waals surface area contributed by atoms with E-state index in [9.17, 15) is 0 Å². The molecule has 2 aromatic carbocycles. The van der Waals surface area contributed by atoms with Crippen LogP contribution in [0.25, 0.3) is 11.4 Å². The lowest BCUT2D eigenvalue weighted by atomic mass is 9.95. The summed E-state index contributed by atoms with van der Waals surface area (Å²) in [6.45, 7) is 17.2. The summed E-state index contributed by atoms with van der Waals surface area (Å²) >= 11 is 0. The standard InChI is InChI=1S/C19H24N4.3C2H6/c1-13(2)23-12-14-8-4-5-9-15(14)19(22(3)21)18(20)16-10-6-7-11-17(16)23;3*1-2/h4-11,13H,12,20-21H2,1-3H3;3*1-2H3/b19-18-;;;. The minimum atomic E-state index is 0.370. The van der Waals surface area contributed by atoms with Crippen molar-refractivity contribution in [3.8, 4) is 0 Å². The lowest BCUT2D eigenvalue weighted by Gasteiger charge is -2.35. The highest BCUT2D eigenvalue weighted by atomic mass is 15.4. The Morgan fingerprint density at radius 2 is 1.31 bits per heavy atom. The van der Waals surface area contributed by atoms with Gasteiger partial charge in [-0.1, -0.05) is 84.0 Å². The van der Waals surface area contributed by atoms with E-state index in [1.807, 2.05) is 60.7 Å². The number of benzene rings is 2. The Kier molecular flexibility index (Phi) is 12.5. The highest BCUT2D eigenvalue weighted by Crippen LogP contribution is 2.36. The van der Waals surface area contributed by atoms with Gasteiger partial charge in [0.2, 0.25) is 0 Å². The Labute approximate surface area is 179 Å². The Hall–Kier alpha value is -2.46. The van der Waals surface area contributed by atoms with E-state index in [0.29, 0.717) is 11.7 Å². The van der Waals surface area contributed by atoms with Crippen LogP contribution < -0.4 is 16.5 Å². The molecule has 4 heteroatoms. The molecule has 0 amide bonds. The number of hydrogen-bond acceptors (Lipinski definition) is 4. The Morgan fingerprint density at radius 1 is 0.828 bits per heavy atom. The van der Waals surface area contributed by atoms with E-state index in [-0.39, 0.29) is 0 Å². The first-order valence-corrected chi connectivity index (χ1v) is 10.9. The van der Waals surface area contributed by atoms with Gasteiger partial charge in [0.15, 0.2) is 0 Å². The quantitative estimate of drug-likeness (QED) is 0.475. The predicted molar refractivity (Wildman–Crippen MR) is 131 cm³/mol. The molecule has 1 heterocycles. The molecule has 1 aliphatic rings. The first kappa shape index (κ1) is 26.5. The van der Waals surface area contributed by atoms with E-state index in [1.165, 1.54) is 5.56 Å². The van der Waals surface area contributed by atoms with Crippen molar-refractivity contribution in [1.82, 2.24) is 5.01 Å². The van der Waals surface area contributed by atoms with Crippen molar-refractivity contribution >= 4 is 17.1 Å². The van der Waals surface area contributed by atoms with Crippen molar-refractivity contribution in [2.24, 2.45) is 11.6 Å². The fourth-order valence-electron chi connectivity index (χ4n) is 3.22. The number of fused-ring (bicyclic) bond motifs is 2. The number of hydrazine groups is 1. The fraction of sp³-hybridized carbons (Fsp3) is 0.440. The smallest absolute Gasteiger partial charge is 0.0826 e. The summed E-state index contributed by atoms with van der Waals surface area (Å²) in [7, 11) is 1.84. The van der Waals surface area contributed by atoms with E-state index in [1.54, 1.807) is 5.01 Å². The molecular formula is C25H42N4. The van der Waals surface area contributed by atoms with Crippen molar-refractivity contribution in [1.29, 1.82) is 0 Å². The Morgan fingerprint density at radius 3 is 1.83 bits per heavy atom. The van der Waals surface area contributed by atoms with Crippen LogP contribution in [0.1, 0.15) is 72.1 Å². The molecule has 0 fully saturated rings. The molecule has 0 spiro atoms. The third-order valence-corrected chi connectivity index (χ3v) is 4.35. The summed E-state index contributed by atoms with van der Waals surface area (Å²) in [6, 6.07) is 17.0. The van der Waals surface area contributed by atoms with Gasteiger partial charge in [-0.3, -0.25) is 0 Å². The molecule has 162 valence electrons. The van der Waals surface area contributed by atoms with Crippen LogP contribution >= 0.6 is 0 Å². The molecule has 4 N–H and O–H groups in total. The van der Waals surface area contributed by atoms with Crippen molar-refractivity contribution < 1.29 is 0 Å². The van der Waals surface area contributed by atoms with Crippen molar-refractivity contribution in [3.05, 3.63) is 65.2 Å². The molecule has 29 heavy (non-hydrogen) atoms. The van der Waals surface area contributed by atoms with Crippen LogP contribution in [-0.2, 0) is 6.54 Å². The molecule has 0 atom stereocenters. The van der Waals surface area contributed by atoms with Crippen LogP contribution in [0.4, 0.5) is 5.69 Å². The summed E-state index contributed by atoms with van der Waals surface area (Å²) < 4.78 is 0. The summed E-state index contributed by atoms with van der Waals surface area (Å²) in [6.07, 6.45) is 0. The number of rotatable bonds is 2. The number of nitrogens with zero attached hydrogens (tertiary/aromatic N) is 2. The zero-order valence-corrected chi connectivity index (χ0v) is 20.0. The van der Waals surface area contributed by atoms with Gasteiger partial charge in [0.1, 0.15) is 0 Å². The van der Waals surface area contributed by atoms with Gasteiger partial charge in [0.05, 0.1) is 11.4 Å². The van der Waals surface area contributed by atoms with Gasteiger partial charge < -0.3 is 15.6 Å². The number of anilines is 1. The van der Waals surface area contributed by atoms with Gasteiger partial charge >= 0.3 is 0 Å². The summed E-state index contributed by atoms with van der Waals surface area (Å²) in [5.74, 6) is 6.13. The zero-order chi connectivity index (χ0) is 22.6. The predicted octanol–water partition coefficient (Wildman–Crippen LogP) is 6.08. The third-order valence-electron chi connectivity index (χ3n) is 4.35. The van der Waals surface area contributed by atoms with Gasteiger partial charge in [-0.05, 0) is 25.5 Å². The molecule has 0 aliphatic carbocycles. The highest BCUT2D eigenvalue weighted by molar-refractivity contribution is 5.93. The van der Waals surface area contributed by atoms with Crippen LogP contribution in [-0.4, -0.2) is 18.1 Å². The normalized spacial score (nSPS) is 14.4. The van der Waals surface area contributed by atoms with Gasteiger partial charge in [-0.2, -0.15) is 0 Å². The molecule has 2 aromatic rings. The van der Waals surface area contributed by atoms with E-state index in [0.717, 1.165) is 29.1 Å². The molecule has 0 unspecified atom stereocenters. The van der Waals surface area contributed by atoms with Crippen LogP contribution in [0, 0.1) is 0 Å². The molecule has 0 saturated carbocycles. The first-order valence-electron chi connectivity index (χ1n) is 10.9. The molecule has 0 aromatic heterocycles. The van der Waals surface area contributed by atoms with Crippen molar-refractivity contribution in [2.75, 3.05) is 11.9 Å². The monoisotopic (exact) mass is 398 g/mol. The lowest BCUT2D eigenvalue weighted by Crippen LogP contribution is -2.34. The minimum Gasteiger partial charge on any atom is -0.396 e. The maximum atomic E-state index is 6.57. The van der Waals surface area contributed by atoms with Crippen molar-refractivity contribution in [2.45, 2.75) is 68.0 Å². The van der Waals surface area contributed by atoms with E-state index >= 15 is 0 Å². The average molecular weight is 399 g/mol. The number of nitrogens with two attached hydrogens (primary N) is 2. The van der Waals surface area contributed by atoms with Gasteiger partial charge in [0, 0.05) is 36.4 Å². The van der Waals surface area contributed by atoms with Gasteiger partial charge in [-0.15, -0.1) is 0 Å². The van der Waals surface area contributed by atoms with Crippen molar-refractivity contribution in [3.63, 3.8) is 0 Å². The molecular weight excluding hydrogens is 356 g/mol. The number of para-hydroxylation sites is 1. The lowest BCUT2D eigenvalue weighted by molar-refractivity contribution is 0.510. The van der Waals surface area contributed by atoms with Crippen LogP contribution in [0.2, 0.25) is 0 Å². The van der Waals surface area contributed by atoms with E-state index in [2.05, 4.69) is 55.1 Å². The molecule has 0 saturated heterocycles. The number of hydrogen-bond donors (Lipinski definition) is 2. The topological polar surface area (TPSA) is 58.5 Å². The molecule has 3 rings (SSSR count). The second-order valence-electron chi connectivity index (χ2n) is 6.27. The second-order valence-corrected chi connectivity index (χ2v) is 6.27. The first-order chi connectivity index (χ1) is 14.0. The Balaban J connectivity index is 0.00000120.